The molecule has 0 aromatic carbocycles. The average molecular weight is 376 g/mol. The third-order valence-electron chi connectivity index (χ3n) is 5.16. The van der Waals surface area contributed by atoms with E-state index in [0.717, 1.165) is 6.54 Å². The number of hydrogen-bond donors (Lipinski definition) is 2. The van der Waals surface area contributed by atoms with Crippen LogP contribution in [0.15, 0.2) is 0 Å². The van der Waals surface area contributed by atoms with Gasteiger partial charge in [-0.15, -0.1) is 0 Å². The van der Waals surface area contributed by atoms with Gasteiger partial charge in [0.25, 0.3) is 0 Å². The molecule has 0 aliphatic carbocycles. The molecule has 0 spiro atoms. The van der Waals surface area contributed by atoms with Crippen molar-refractivity contribution in [1.29, 1.82) is 0 Å². The standard InChI is InChI=1S/C22H47NO2.H2O/c1-2-3-4-5-6-7-8-9-10-11-12-13-14-15-16-17-18-23(19-21-24)20-22-25;/h24-25H,2-22H2,1H3;1H2. The fraction of sp³-hybridized carbons (Fsp3) is 1.00. The summed E-state index contributed by atoms with van der Waals surface area (Å²) in [6.07, 6.45) is 22.3. The predicted molar refractivity (Wildman–Crippen MR) is 114 cm³/mol. The number of hydrogen-bond acceptors (Lipinski definition) is 3. The van der Waals surface area contributed by atoms with Gasteiger partial charge in [0.1, 0.15) is 0 Å². The number of aliphatic hydroxyl groups is 2. The summed E-state index contributed by atoms with van der Waals surface area (Å²) in [4.78, 5) is 2.16. The van der Waals surface area contributed by atoms with Crippen LogP contribution in [0.3, 0.4) is 0 Å². The number of nitrogens with zero attached hydrogens (tertiary/aromatic N) is 1. The quantitative estimate of drug-likeness (QED) is 0.285. The van der Waals surface area contributed by atoms with Gasteiger partial charge in [0.15, 0.2) is 0 Å². The molecule has 0 saturated heterocycles. The van der Waals surface area contributed by atoms with Crippen molar-refractivity contribution in [3.63, 3.8) is 0 Å². The average Bonchev–Trinajstić information content (AvgIpc) is 2.61. The van der Waals surface area contributed by atoms with Gasteiger partial charge in [-0.3, -0.25) is 4.90 Å². The van der Waals surface area contributed by atoms with Crippen LogP contribution in [-0.2, 0) is 0 Å². The molecule has 0 rings (SSSR count). The maximum Gasteiger partial charge on any atom is 0.0558 e. The summed E-state index contributed by atoms with van der Waals surface area (Å²) < 4.78 is 0. The minimum absolute atomic E-state index is 0. The third-order valence-corrected chi connectivity index (χ3v) is 5.16. The first kappa shape index (κ1) is 28.1. The van der Waals surface area contributed by atoms with Gasteiger partial charge in [-0.1, -0.05) is 103 Å². The molecule has 0 aliphatic rings. The van der Waals surface area contributed by atoms with Crippen molar-refractivity contribution in [3.05, 3.63) is 0 Å². The third kappa shape index (κ3) is 21.9. The Bertz CT molecular complexity index is 233. The molecule has 4 nitrogen and oxygen atoms in total. The summed E-state index contributed by atoms with van der Waals surface area (Å²) in [5, 5.41) is 17.9. The minimum Gasteiger partial charge on any atom is -0.412 e. The molecule has 0 radical (unpaired) electrons. The van der Waals surface area contributed by atoms with Gasteiger partial charge in [-0.05, 0) is 13.0 Å². The van der Waals surface area contributed by atoms with Crippen molar-refractivity contribution in [2.45, 2.75) is 110 Å². The largest absolute Gasteiger partial charge is 0.412 e. The smallest absolute Gasteiger partial charge is 0.0558 e. The van der Waals surface area contributed by atoms with E-state index in [-0.39, 0.29) is 18.7 Å². The molecule has 0 bridgehead atoms. The van der Waals surface area contributed by atoms with E-state index in [1.807, 2.05) is 0 Å². The molecule has 0 saturated carbocycles. The van der Waals surface area contributed by atoms with E-state index < -0.39 is 0 Å². The molecule has 0 amide bonds. The van der Waals surface area contributed by atoms with Crippen LogP contribution in [-0.4, -0.2) is 53.4 Å². The summed E-state index contributed by atoms with van der Waals surface area (Å²) in [5.74, 6) is 0. The second-order valence-electron chi connectivity index (χ2n) is 7.59. The van der Waals surface area contributed by atoms with Crippen molar-refractivity contribution in [1.82, 2.24) is 4.90 Å². The highest BCUT2D eigenvalue weighted by molar-refractivity contribution is 4.57. The summed E-state index contributed by atoms with van der Waals surface area (Å²) in [6, 6.07) is 0. The van der Waals surface area contributed by atoms with Crippen molar-refractivity contribution in [2.24, 2.45) is 0 Å². The van der Waals surface area contributed by atoms with Crippen LogP contribution in [0.25, 0.3) is 0 Å². The zero-order valence-corrected chi connectivity index (χ0v) is 17.7. The molecule has 0 fully saturated rings. The van der Waals surface area contributed by atoms with E-state index in [0.29, 0.717) is 13.1 Å². The molecule has 26 heavy (non-hydrogen) atoms. The van der Waals surface area contributed by atoms with Gasteiger partial charge < -0.3 is 15.7 Å². The fourth-order valence-corrected chi connectivity index (χ4v) is 3.50. The van der Waals surface area contributed by atoms with Crippen LogP contribution in [0.1, 0.15) is 110 Å². The first-order valence-electron chi connectivity index (χ1n) is 11.3. The van der Waals surface area contributed by atoms with Crippen molar-refractivity contribution < 1.29 is 15.7 Å². The van der Waals surface area contributed by atoms with Gasteiger partial charge in [-0.25, -0.2) is 0 Å². The first-order valence-corrected chi connectivity index (χ1v) is 11.3. The molecular weight excluding hydrogens is 326 g/mol. The maximum atomic E-state index is 8.97. The lowest BCUT2D eigenvalue weighted by Crippen LogP contribution is -2.30. The van der Waals surface area contributed by atoms with Gasteiger partial charge in [0.05, 0.1) is 13.2 Å². The molecule has 0 atom stereocenters. The molecule has 0 heterocycles. The normalized spacial score (nSPS) is 11.1. The van der Waals surface area contributed by atoms with Crippen molar-refractivity contribution in [3.8, 4) is 0 Å². The molecular formula is C22H49NO3. The Kier molecular flexibility index (Phi) is 26.8. The van der Waals surface area contributed by atoms with Crippen LogP contribution in [0.5, 0.6) is 0 Å². The summed E-state index contributed by atoms with van der Waals surface area (Å²) in [6.45, 7) is 5.07. The van der Waals surface area contributed by atoms with Gasteiger partial charge >= 0.3 is 0 Å². The Balaban J connectivity index is 0. The zero-order chi connectivity index (χ0) is 18.4. The number of aliphatic hydroxyl groups excluding tert-OH is 2. The highest BCUT2D eigenvalue weighted by Gasteiger charge is 2.02. The molecule has 0 aromatic heterocycles. The fourth-order valence-electron chi connectivity index (χ4n) is 3.50. The molecule has 0 aliphatic heterocycles. The summed E-state index contributed by atoms with van der Waals surface area (Å²) in [5.41, 5.74) is 0. The first-order chi connectivity index (χ1) is 12.3. The van der Waals surface area contributed by atoms with Gasteiger partial charge in [0, 0.05) is 13.1 Å². The molecule has 0 unspecified atom stereocenters. The Morgan fingerprint density at radius 3 is 1.08 bits per heavy atom. The van der Waals surface area contributed by atoms with E-state index in [9.17, 15) is 0 Å². The molecule has 4 N–H and O–H groups in total. The van der Waals surface area contributed by atoms with Crippen LogP contribution >= 0.6 is 0 Å². The van der Waals surface area contributed by atoms with Gasteiger partial charge in [-0.2, -0.15) is 0 Å². The van der Waals surface area contributed by atoms with E-state index in [1.54, 1.807) is 0 Å². The SMILES string of the molecule is CCCCCCCCCCCCCCCCCCN(CCO)CCO.O. The summed E-state index contributed by atoms with van der Waals surface area (Å²) >= 11 is 0. The topological polar surface area (TPSA) is 75.2 Å². The minimum atomic E-state index is 0. The molecule has 0 aromatic rings. The Labute approximate surface area is 163 Å². The van der Waals surface area contributed by atoms with E-state index >= 15 is 0 Å². The highest BCUT2D eigenvalue weighted by atomic mass is 16.3. The van der Waals surface area contributed by atoms with Crippen LogP contribution in [0, 0.1) is 0 Å². The van der Waals surface area contributed by atoms with E-state index in [4.69, 9.17) is 10.2 Å². The predicted octanol–water partition coefficient (Wildman–Crippen LogP) is 4.71. The van der Waals surface area contributed by atoms with Gasteiger partial charge in [0.2, 0.25) is 0 Å². The summed E-state index contributed by atoms with van der Waals surface area (Å²) in [7, 11) is 0. The van der Waals surface area contributed by atoms with E-state index in [1.165, 1.54) is 103 Å². The monoisotopic (exact) mass is 375 g/mol. The second-order valence-corrected chi connectivity index (χ2v) is 7.59. The Hall–Kier alpha value is -0.160. The van der Waals surface area contributed by atoms with Crippen molar-refractivity contribution >= 4 is 0 Å². The lowest BCUT2D eigenvalue weighted by Gasteiger charge is -2.19. The maximum absolute atomic E-state index is 8.97. The molecule has 160 valence electrons. The second kappa shape index (κ2) is 24.8. The lowest BCUT2D eigenvalue weighted by atomic mass is 10.0. The van der Waals surface area contributed by atoms with Crippen LogP contribution < -0.4 is 0 Å². The van der Waals surface area contributed by atoms with Crippen molar-refractivity contribution in [2.75, 3.05) is 32.8 Å². The molecule has 4 heteroatoms. The number of rotatable bonds is 21. The zero-order valence-electron chi connectivity index (χ0n) is 17.7. The Morgan fingerprint density at radius 1 is 0.462 bits per heavy atom. The van der Waals surface area contributed by atoms with Crippen LogP contribution in [0.2, 0.25) is 0 Å². The van der Waals surface area contributed by atoms with E-state index in [2.05, 4.69) is 11.8 Å². The lowest BCUT2D eigenvalue weighted by molar-refractivity contribution is 0.159. The highest BCUT2D eigenvalue weighted by Crippen LogP contribution is 2.13. The van der Waals surface area contributed by atoms with Crippen LogP contribution in [0.4, 0.5) is 0 Å². The number of unbranched alkanes of at least 4 members (excludes halogenated alkanes) is 15. The Morgan fingerprint density at radius 2 is 0.769 bits per heavy atom.